The van der Waals surface area contributed by atoms with E-state index in [1.54, 1.807) is 50.2 Å². The van der Waals surface area contributed by atoms with Gasteiger partial charge in [-0.1, -0.05) is 44.2 Å². The second kappa shape index (κ2) is 13.8. The molecule has 5 N–H and O–H groups in total. The van der Waals surface area contributed by atoms with Gasteiger partial charge in [-0.15, -0.1) is 0 Å². The first-order valence-electron chi connectivity index (χ1n) is 18.9. The van der Waals surface area contributed by atoms with Gasteiger partial charge in [0.15, 0.2) is 0 Å². The van der Waals surface area contributed by atoms with Crippen LogP contribution in [0.15, 0.2) is 54.6 Å². The lowest BCUT2D eigenvalue weighted by Gasteiger charge is -2.50. The molecule has 13 nitrogen and oxygen atoms in total. The fourth-order valence-electron chi connectivity index (χ4n) is 10.3. The van der Waals surface area contributed by atoms with Crippen molar-refractivity contribution in [1.82, 2.24) is 20.4 Å². The van der Waals surface area contributed by atoms with E-state index in [1.165, 1.54) is 17.7 Å². The largest absolute Gasteiger partial charge is 0.481 e. The summed E-state index contributed by atoms with van der Waals surface area (Å²) < 4.78 is 0. The number of carboxylic acid groups (broad SMARTS) is 1. The first-order chi connectivity index (χ1) is 25.2. The van der Waals surface area contributed by atoms with Gasteiger partial charge in [-0.05, 0) is 117 Å². The molecule has 8 atom stereocenters. The number of benzene rings is 2. The average molecular weight is 727 g/mol. The van der Waals surface area contributed by atoms with Gasteiger partial charge < -0.3 is 31.3 Å². The lowest BCUT2D eigenvalue weighted by molar-refractivity contribution is -0.143. The Bertz CT molecular complexity index is 1800. The summed E-state index contributed by atoms with van der Waals surface area (Å²) in [6.07, 6.45) is 5.27. The summed E-state index contributed by atoms with van der Waals surface area (Å²) in [7, 11) is 0. The van der Waals surface area contributed by atoms with Crippen LogP contribution < -0.4 is 21.3 Å². The number of hydrogen-bond donors (Lipinski definition) is 5. The maximum absolute atomic E-state index is 14.1. The highest BCUT2D eigenvalue weighted by Crippen LogP contribution is 2.75. The molecule has 53 heavy (non-hydrogen) atoms. The molecule has 2 aromatic carbocycles. The highest BCUT2D eigenvalue weighted by molar-refractivity contribution is 6.09. The molecular formula is C40H50N6O7. The number of nitrogens with zero attached hydrogens (tertiary/aromatic N) is 2. The van der Waals surface area contributed by atoms with Crippen molar-refractivity contribution in [3.8, 4) is 0 Å². The zero-order valence-corrected chi connectivity index (χ0v) is 30.8. The summed E-state index contributed by atoms with van der Waals surface area (Å²) in [5, 5.41) is 21.1. The van der Waals surface area contributed by atoms with E-state index in [0.29, 0.717) is 40.1 Å². The van der Waals surface area contributed by atoms with E-state index < -0.39 is 59.8 Å². The van der Waals surface area contributed by atoms with Gasteiger partial charge in [-0.25, -0.2) is 14.5 Å². The Morgan fingerprint density at radius 2 is 1.57 bits per heavy atom. The average Bonchev–Trinajstić information content (AvgIpc) is 3.47. The van der Waals surface area contributed by atoms with Gasteiger partial charge in [0.1, 0.15) is 17.6 Å². The minimum absolute atomic E-state index is 0.0314. The summed E-state index contributed by atoms with van der Waals surface area (Å²) in [6.45, 7) is 7.02. The van der Waals surface area contributed by atoms with E-state index >= 15 is 0 Å². The molecule has 3 bridgehead atoms. The van der Waals surface area contributed by atoms with Crippen LogP contribution in [0.25, 0.3) is 0 Å². The summed E-state index contributed by atoms with van der Waals surface area (Å²) in [4.78, 5) is 82.7. The number of urea groups is 2. The van der Waals surface area contributed by atoms with Crippen LogP contribution in [0.1, 0.15) is 78.2 Å². The third-order valence-corrected chi connectivity index (χ3v) is 12.7. The van der Waals surface area contributed by atoms with Crippen LogP contribution in [-0.2, 0) is 25.7 Å². The van der Waals surface area contributed by atoms with Crippen molar-refractivity contribution in [2.24, 2.45) is 35.0 Å². The van der Waals surface area contributed by atoms with Crippen LogP contribution in [0.2, 0.25) is 0 Å². The van der Waals surface area contributed by atoms with Crippen LogP contribution >= 0.6 is 0 Å². The number of hydrogen-bond acceptors (Lipinski definition) is 6. The van der Waals surface area contributed by atoms with Crippen molar-refractivity contribution < 1.29 is 33.9 Å². The molecule has 0 radical (unpaired) electrons. The van der Waals surface area contributed by atoms with Gasteiger partial charge in [0.05, 0.1) is 6.42 Å². The standard InChI is InChI=1S/C40H50N6O7/c1-22(2)14-31(35(50)43-30(18-32(47)48)34(49)44-33-25-15-24-16-26-17-29(33)40(26,19-24)20-25)46-36(51)39(3,4)45(38(46)53)21-23-10-12-28(13-11-23)42-37(52)41-27-8-6-5-7-9-27/h5-13,22,24-26,29-31,33H,14-21H2,1-4H3,(H,43,50)(H,44,49)(H,47,48)(H2,41,42,52)/t24?,25?,26?,29?,30-,31-,33?,40?/m0/s1. The normalized spacial score (nSPS) is 28.7. The van der Waals surface area contributed by atoms with Crippen LogP contribution in [-0.4, -0.2) is 74.3 Å². The molecule has 7 amide bonds. The van der Waals surface area contributed by atoms with E-state index in [1.807, 2.05) is 32.0 Å². The number of carbonyl (C=O) groups excluding carboxylic acids is 5. The lowest BCUT2D eigenvalue weighted by Crippen LogP contribution is -2.58. The predicted molar refractivity (Wildman–Crippen MR) is 196 cm³/mol. The highest BCUT2D eigenvalue weighted by atomic mass is 16.4. The zero-order chi connectivity index (χ0) is 37.8. The maximum Gasteiger partial charge on any atom is 0.328 e. The third kappa shape index (κ3) is 6.74. The number of imide groups is 1. The van der Waals surface area contributed by atoms with Crippen LogP contribution in [0.5, 0.6) is 0 Å². The number of anilines is 2. The molecule has 282 valence electrons. The van der Waals surface area contributed by atoms with Gasteiger partial charge >= 0.3 is 18.0 Å². The van der Waals surface area contributed by atoms with Crippen molar-refractivity contribution >= 4 is 47.1 Å². The number of aliphatic carboxylic acids is 1. The Balaban J connectivity index is 1.03. The Kier molecular flexibility index (Phi) is 9.48. The molecule has 5 aliphatic rings. The summed E-state index contributed by atoms with van der Waals surface area (Å²) in [6, 6.07) is 12.2. The molecular weight excluding hydrogens is 676 g/mol. The summed E-state index contributed by atoms with van der Waals surface area (Å²) in [5.41, 5.74) is 0.869. The second-order valence-electron chi connectivity index (χ2n) is 16.9. The molecule has 6 unspecified atom stereocenters. The lowest BCUT2D eigenvalue weighted by atomic mass is 9.55. The molecule has 5 fully saturated rings. The monoisotopic (exact) mass is 726 g/mol. The van der Waals surface area contributed by atoms with Crippen LogP contribution in [0, 0.1) is 35.0 Å². The molecule has 4 saturated carbocycles. The molecule has 2 aromatic rings. The highest BCUT2D eigenvalue weighted by Gasteiger charge is 2.70. The Hall–Kier alpha value is -4.94. The first-order valence-corrected chi connectivity index (χ1v) is 18.9. The van der Waals surface area contributed by atoms with E-state index in [4.69, 9.17) is 0 Å². The van der Waals surface area contributed by atoms with E-state index in [0.717, 1.165) is 30.1 Å². The van der Waals surface area contributed by atoms with Crippen molar-refractivity contribution in [3.63, 3.8) is 0 Å². The van der Waals surface area contributed by atoms with Crippen molar-refractivity contribution in [1.29, 1.82) is 0 Å². The number of carbonyl (C=O) groups is 6. The number of para-hydroxylation sites is 1. The van der Waals surface area contributed by atoms with Crippen molar-refractivity contribution in [2.75, 3.05) is 10.6 Å². The molecule has 0 aromatic heterocycles. The minimum Gasteiger partial charge on any atom is -0.481 e. The summed E-state index contributed by atoms with van der Waals surface area (Å²) in [5.74, 6) is -1.01. The number of fused-ring (bicyclic) bond motifs is 2. The van der Waals surface area contributed by atoms with Crippen molar-refractivity contribution in [2.45, 2.75) is 103 Å². The number of rotatable bonds is 13. The molecule has 4 aliphatic carbocycles. The fraction of sp³-hybridized carbons (Fsp3) is 0.550. The molecule has 1 spiro atoms. The van der Waals surface area contributed by atoms with E-state index in [2.05, 4.69) is 21.3 Å². The van der Waals surface area contributed by atoms with Gasteiger partial charge in [0, 0.05) is 24.0 Å². The molecule has 7 rings (SSSR count). The Morgan fingerprint density at radius 1 is 0.887 bits per heavy atom. The number of nitrogens with one attached hydrogen (secondary N) is 4. The number of carboxylic acids is 1. The smallest absolute Gasteiger partial charge is 0.328 e. The Labute approximate surface area is 309 Å². The zero-order valence-electron chi connectivity index (χ0n) is 30.8. The van der Waals surface area contributed by atoms with Gasteiger partial charge in [-0.2, -0.15) is 0 Å². The molecule has 13 heteroatoms. The second-order valence-corrected chi connectivity index (χ2v) is 16.9. The van der Waals surface area contributed by atoms with Gasteiger partial charge in [0.2, 0.25) is 11.8 Å². The van der Waals surface area contributed by atoms with E-state index in [9.17, 15) is 33.9 Å². The topological polar surface area (TPSA) is 177 Å². The van der Waals surface area contributed by atoms with Crippen LogP contribution in [0.3, 0.4) is 0 Å². The third-order valence-electron chi connectivity index (χ3n) is 12.7. The summed E-state index contributed by atoms with van der Waals surface area (Å²) >= 11 is 0. The SMILES string of the molecule is CC(C)C[C@@H](C(=O)N[C@@H](CC(=O)O)C(=O)NC1C2CC3CC4CC1C4(C3)C2)N1C(=O)N(Cc2ccc(NC(=O)Nc3ccccc3)cc2)C(C)(C)C1=O. The quantitative estimate of drug-likeness (QED) is 0.177. The van der Waals surface area contributed by atoms with Crippen LogP contribution in [0.4, 0.5) is 21.0 Å². The maximum atomic E-state index is 14.1. The fourth-order valence-corrected chi connectivity index (χ4v) is 10.3. The molecule has 1 saturated heterocycles. The first kappa shape index (κ1) is 36.4. The molecule has 1 aliphatic heterocycles. The van der Waals surface area contributed by atoms with E-state index in [-0.39, 0.29) is 24.9 Å². The molecule has 1 heterocycles. The number of amides is 7. The Morgan fingerprint density at radius 3 is 2.23 bits per heavy atom. The predicted octanol–water partition coefficient (Wildman–Crippen LogP) is 5.19. The van der Waals surface area contributed by atoms with Gasteiger partial charge in [-0.3, -0.25) is 19.2 Å². The van der Waals surface area contributed by atoms with Gasteiger partial charge in [0.25, 0.3) is 5.91 Å². The van der Waals surface area contributed by atoms with Crippen molar-refractivity contribution in [3.05, 3.63) is 60.2 Å². The minimum atomic E-state index is -1.36.